The first-order chi connectivity index (χ1) is 8.65. The van der Waals surface area contributed by atoms with Crippen LogP contribution >= 0.6 is 0 Å². The Labute approximate surface area is 104 Å². The van der Waals surface area contributed by atoms with Gasteiger partial charge in [-0.3, -0.25) is 10.1 Å². The molecule has 1 rings (SSSR count). The van der Waals surface area contributed by atoms with Gasteiger partial charge in [0.2, 0.25) is 0 Å². The number of halogens is 1. The van der Waals surface area contributed by atoms with Crippen LogP contribution in [0.5, 0.6) is 0 Å². The minimum Gasteiger partial charge on any atom is -0.394 e. The molecular weight excluding hydrogens is 243 g/mol. The summed E-state index contributed by atoms with van der Waals surface area (Å²) in [4.78, 5) is 9.76. The molecule has 2 N–H and O–H groups in total. The van der Waals surface area contributed by atoms with Crippen LogP contribution in [0.15, 0.2) is 18.2 Å². The third-order valence-corrected chi connectivity index (χ3v) is 2.18. The van der Waals surface area contributed by atoms with Gasteiger partial charge in [-0.05, 0) is 12.5 Å². The van der Waals surface area contributed by atoms with E-state index in [0.29, 0.717) is 19.6 Å². The predicted molar refractivity (Wildman–Crippen MR) is 64.1 cm³/mol. The van der Waals surface area contributed by atoms with Gasteiger partial charge in [0.1, 0.15) is 0 Å². The lowest BCUT2D eigenvalue weighted by molar-refractivity contribution is -0.385. The molecule has 0 aliphatic carbocycles. The molecule has 0 aliphatic heterocycles. The molecule has 6 nitrogen and oxygen atoms in total. The van der Waals surface area contributed by atoms with Gasteiger partial charge in [-0.2, -0.15) is 0 Å². The van der Waals surface area contributed by atoms with Crippen molar-refractivity contribution in [2.45, 2.75) is 6.42 Å². The van der Waals surface area contributed by atoms with Gasteiger partial charge < -0.3 is 15.2 Å². The zero-order valence-electron chi connectivity index (χ0n) is 9.76. The molecule has 0 bridgehead atoms. The van der Waals surface area contributed by atoms with Gasteiger partial charge >= 0.3 is 0 Å². The van der Waals surface area contributed by atoms with Crippen molar-refractivity contribution in [1.29, 1.82) is 0 Å². The van der Waals surface area contributed by atoms with E-state index in [4.69, 9.17) is 9.84 Å². The van der Waals surface area contributed by atoms with Crippen molar-refractivity contribution in [1.82, 2.24) is 0 Å². The number of aliphatic hydroxyl groups is 1. The maximum atomic E-state index is 13.4. The fraction of sp³-hybridized carbons (Fsp3) is 0.455. The molecule has 0 aliphatic rings. The Kier molecular flexibility index (Phi) is 6.03. The summed E-state index contributed by atoms with van der Waals surface area (Å²) in [5, 5.41) is 21.7. The minimum absolute atomic E-state index is 0.0234. The van der Waals surface area contributed by atoms with E-state index in [2.05, 4.69) is 5.32 Å². The molecule has 0 atom stereocenters. The summed E-state index contributed by atoms with van der Waals surface area (Å²) >= 11 is 0. The molecule has 0 unspecified atom stereocenters. The number of nitrogens with zero attached hydrogens (tertiary/aromatic N) is 1. The summed E-state index contributed by atoms with van der Waals surface area (Å²) in [6.07, 6.45) is 0.649. The molecule has 18 heavy (non-hydrogen) atoms. The first-order valence-corrected chi connectivity index (χ1v) is 5.51. The maximum Gasteiger partial charge on any atom is 0.272 e. The van der Waals surface area contributed by atoms with Crippen molar-refractivity contribution in [3.63, 3.8) is 0 Å². The zero-order valence-corrected chi connectivity index (χ0v) is 9.76. The molecule has 0 saturated carbocycles. The number of hydrogen-bond donors (Lipinski definition) is 2. The average molecular weight is 258 g/mol. The highest BCUT2D eigenvalue weighted by Crippen LogP contribution is 2.20. The van der Waals surface area contributed by atoms with Crippen LogP contribution in [0, 0.1) is 15.9 Å². The SMILES string of the molecule is O=[N+]([O-])c1ccc(NCCCOCCO)c(F)c1. The Morgan fingerprint density at radius 2 is 2.22 bits per heavy atom. The molecule has 0 spiro atoms. The van der Waals surface area contributed by atoms with Gasteiger partial charge in [0, 0.05) is 19.2 Å². The number of hydrogen-bond acceptors (Lipinski definition) is 5. The standard InChI is InChI=1S/C11H15FN2O4/c12-10-8-9(14(16)17)2-3-11(10)13-4-1-6-18-7-5-15/h2-3,8,13,15H,1,4-7H2. The van der Waals surface area contributed by atoms with E-state index in [-0.39, 0.29) is 24.6 Å². The second-order valence-corrected chi connectivity index (χ2v) is 3.54. The monoisotopic (exact) mass is 258 g/mol. The highest BCUT2D eigenvalue weighted by Gasteiger charge is 2.09. The topological polar surface area (TPSA) is 84.6 Å². The first-order valence-electron chi connectivity index (χ1n) is 5.51. The Morgan fingerprint density at radius 1 is 1.44 bits per heavy atom. The van der Waals surface area contributed by atoms with E-state index in [1.807, 2.05) is 0 Å². The Bertz CT molecular complexity index is 401. The molecule has 7 heteroatoms. The maximum absolute atomic E-state index is 13.4. The number of nitrogens with one attached hydrogen (secondary N) is 1. The number of anilines is 1. The van der Waals surface area contributed by atoms with Crippen LogP contribution in [0.2, 0.25) is 0 Å². The van der Waals surface area contributed by atoms with Crippen LogP contribution in [0.4, 0.5) is 15.8 Å². The lowest BCUT2D eigenvalue weighted by atomic mass is 10.2. The van der Waals surface area contributed by atoms with Crippen LogP contribution in [-0.2, 0) is 4.74 Å². The number of nitro benzene ring substituents is 1. The lowest BCUT2D eigenvalue weighted by Gasteiger charge is -2.07. The van der Waals surface area contributed by atoms with Gasteiger partial charge in [-0.15, -0.1) is 0 Å². The quantitative estimate of drug-likeness (QED) is 0.420. The van der Waals surface area contributed by atoms with Gasteiger partial charge in [0.05, 0.1) is 29.9 Å². The highest BCUT2D eigenvalue weighted by molar-refractivity contribution is 5.49. The third-order valence-electron chi connectivity index (χ3n) is 2.18. The van der Waals surface area contributed by atoms with Crippen LogP contribution in [0.25, 0.3) is 0 Å². The van der Waals surface area contributed by atoms with E-state index < -0.39 is 10.7 Å². The van der Waals surface area contributed by atoms with Crippen molar-refractivity contribution < 1.29 is 19.2 Å². The van der Waals surface area contributed by atoms with Crippen molar-refractivity contribution in [3.8, 4) is 0 Å². The van der Waals surface area contributed by atoms with Gasteiger partial charge in [-0.1, -0.05) is 0 Å². The molecule has 0 aromatic heterocycles. The van der Waals surface area contributed by atoms with E-state index in [1.165, 1.54) is 12.1 Å². The molecule has 0 saturated heterocycles. The summed E-state index contributed by atoms with van der Waals surface area (Å²) in [5.41, 5.74) is -0.0490. The largest absolute Gasteiger partial charge is 0.394 e. The molecule has 0 amide bonds. The van der Waals surface area contributed by atoms with Crippen LogP contribution in [0.3, 0.4) is 0 Å². The minimum atomic E-state index is -0.652. The number of benzene rings is 1. The molecular formula is C11H15FN2O4. The van der Waals surface area contributed by atoms with Gasteiger partial charge in [0.25, 0.3) is 5.69 Å². The number of ether oxygens (including phenoxy) is 1. The normalized spacial score (nSPS) is 10.3. The summed E-state index contributed by atoms with van der Waals surface area (Å²) in [7, 11) is 0. The van der Waals surface area contributed by atoms with Crippen molar-refractivity contribution in [2.75, 3.05) is 31.7 Å². The third kappa shape index (κ3) is 4.64. The summed E-state index contributed by atoms with van der Waals surface area (Å²) in [6, 6.07) is 3.46. The van der Waals surface area contributed by atoms with Crippen LogP contribution in [-0.4, -0.2) is 36.4 Å². The number of rotatable bonds is 8. The Hall–Kier alpha value is -1.73. The molecule has 0 fully saturated rings. The van der Waals surface area contributed by atoms with Gasteiger partial charge in [0.15, 0.2) is 5.82 Å². The van der Waals surface area contributed by atoms with Gasteiger partial charge in [-0.25, -0.2) is 4.39 Å². The van der Waals surface area contributed by atoms with E-state index in [0.717, 1.165) is 6.07 Å². The fourth-order valence-electron chi connectivity index (χ4n) is 1.32. The van der Waals surface area contributed by atoms with E-state index in [1.54, 1.807) is 0 Å². The van der Waals surface area contributed by atoms with Crippen molar-refractivity contribution in [2.24, 2.45) is 0 Å². The summed E-state index contributed by atoms with van der Waals surface area (Å²) in [5.74, 6) is -0.652. The summed E-state index contributed by atoms with van der Waals surface area (Å²) in [6.45, 7) is 1.21. The molecule has 1 aromatic rings. The van der Waals surface area contributed by atoms with Crippen molar-refractivity contribution in [3.05, 3.63) is 34.1 Å². The van der Waals surface area contributed by atoms with Crippen molar-refractivity contribution >= 4 is 11.4 Å². The average Bonchev–Trinajstić information content (AvgIpc) is 2.35. The van der Waals surface area contributed by atoms with Crippen LogP contribution in [0.1, 0.15) is 6.42 Å². The number of non-ortho nitro benzene ring substituents is 1. The number of nitro groups is 1. The molecule has 0 radical (unpaired) electrons. The lowest BCUT2D eigenvalue weighted by Crippen LogP contribution is -2.08. The highest BCUT2D eigenvalue weighted by atomic mass is 19.1. The molecule has 1 aromatic carbocycles. The Balaban J connectivity index is 2.36. The predicted octanol–water partition coefficient (Wildman–Crippen LogP) is 1.54. The molecule has 100 valence electrons. The number of aliphatic hydroxyl groups excluding tert-OH is 1. The second kappa shape index (κ2) is 7.57. The molecule has 0 heterocycles. The van der Waals surface area contributed by atoms with Crippen LogP contribution < -0.4 is 5.32 Å². The first kappa shape index (κ1) is 14.3. The smallest absolute Gasteiger partial charge is 0.272 e. The summed E-state index contributed by atoms with van der Waals surface area (Å²) < 4.78 is 18.4. The second-order valence-electron chi connectivity index (χ2n) is 3.54. The van der Waals surface area contributed by atoms with E-state index >= 15 is 0 Å². The Morgan fingerprint density at radius 3 is 2.83 bits per heavy atom. The zero-order chi connectivity index (χ0) is 13.4. The van der Waals surface area contributed by atoms with E-state index in [9.17, 15) is 14.5 Å². The fourth-order valence-corrected chi connectivity index (χ4v) is 1.32.